The highest BCUT2D eigenvalue weighted by molar-refractivity contribution is 6.31. The summed E-state index contributed by atoms with van der Waals surface area (Å²) in [6, 6.07) is 12.0. The molecule has 0 aliphatic carbocycles. The third-order valence-electron chi connectivity index (χ3n) is 4.09. The van der Waals surface area contributed by atoms with Gasteiger partial charge in [0.15, 0.2) is 0 Å². The van der Waals surface area contributed by atoms with Crippen LogP contribution in [0.2, 0.25) is 5.02 Å². The third kappa shape index (κ3) is 3.64. The standard InChI is InChI=1S/C18H16ClN3O3/c1-21(11-13-8-14(22(24)25)6-7-16(13)19)18(23)9-12-10-20-17-5-3-2-4-15(12)17/h2-8,10,20H,9,11H2,1H3. The molecule has 0 bridgehead atoms. The minimum Gasteiger partial charge on any atom is -0.361 e. The molecule has 0 fully saturated rings. The molecule has 1 aromatic heterocycles. The Morgan fingerprint density at radius 2 is 2.00 bits per heavy atom. The summed E-state index contributed by atoms with van der Waals surface area (Å²) in [5.74, 6) is -0.0904. The summed E-state index contributed by atoms with van der Waals surface area (Å²) in [4.78, 5) is 27.6. The maximum Gasteiger partial charge on any atom is 0.269 e. The molecule has 3 aromatic rings. The van der Waals surface area contributed by atoms with Crippen molar-refractivity contribution in [3.05, 3.63) is 74.9 Å². The largest absolute Gasteiger partial charge is 0.361 e. The molecule has 6 nitrogen and oxygen atoms in total. The van der Waals surface area contributed by atoms with Crippen molar-refractivity contribution >= 4 is 34.1 Å². The first-order chi connectivity index (χ1) is 12.0. The van der Waals surface area contributed by atoms with Gasteiger partial charge in [0, 0.05) is 47.8 Å². The van der Waals surface area contributed by atoms with Crippen LogP contribution in [0.3, 0.4) is 0 Å². The predicted molar refractivity (Wildman–Crippen MR) is 96.6 cm³/mol. The highest BCUT2D eigenvalue weighted by atomic mass is 35.5. The zero-order valence-electron chi connectivity index (χ0n) is 13.5. The smallest absolute Gasteiger partial charge is 0.269 e. The lowest BCUT2D eigenvalue weighted by Gasteiger charge is -2.18. The number of non-ortho nitro benzene ring substituents is 1. The molecule has 1 N–H and O–H groups in total. The van der Waals surface area contributed by atoms with Crippen LogP contribution in [0.25, 0.3) is 10.9 Å². The molecule has 0 aliphatic heterocycles. The number of amides is 1. The zero-order valence-corrected chi connectivity index (χ0v) is 14.3. The first-order valence-electron chi connectivity index (χ1n) is 7.67. The Morgan fingerprint density at radius 1 is 1.24 bits per heavy atom. The Balaban J connectivity index is 1.75. The van der Waals surface area contributed by atoms with Gasteiger partial charge in [-0.15, -0.1) is 0 Å². The van der Waals surface area contributed by atoms with Crippen molar-refractivity contribution < 1.29 is 9.72 Å². The van der Waals surface area contributed by atoms with Gasteiger partial charge in [0.05, 0.1) is 11.3 Å². The molecule has 0 unspecified atom stereocenters. The van der Waals surface area contributed by atoms with Crippen LogP contribution < -0.4 is 0 Å². The Bertz CT molecular complexity index is 952. The summed E-state index contributed by atoms with van der Waals surface area (Å²) in [5, 5.41) is 12.3. The number of carbonyl (C=O) groups is 1. The Hall–Kier alpha value is -2.86. The number of aromatic amines is 1. The first kappa shape index (κ1) is 17.0. The topological polar surface area (TPSA) is 79.2 Å². The molecule has 0 saturated carbocycles. The van der Waals surface area contributed by atoms with Crippen LogP contribution in [0.1, 0.15) is 11.1 Å². The summed E-state index contributed by atoms with van der Waals surface area (Å²) in [6.45, 7) is 0.210. The SMILES string of the molecule is CN(Cc1cc([N+](=O)[O-])ccc1Cl)C(=O)Cc1c[nH]c2ccccc12. The van der Waals surface area contributed by atoms with E-state index in [1.165, 1.54) is 23.1 Å². The highest BCUT2D eigenvalue weighted by Crippen LogP contribution is 2.24. The Kier molecular flexibility index (Phi) is 4.72. The van der Waals surface area contributed by atoms with Crippen molar-refractivity contribution in [1.29, 1.82) is 0 Å². The number of rotatable bonds is 5. The van der Waals surface area contributed by atoms with Gasteiger partial charge in [-0.05, 0) is 23.3 Å². The molecule has 2 aromatic carbocycles. The van der Waals surface area contributed by atoms with Crippen molar-refractivity contribution in [2.45, 2.75) is 13.0 Å². The average Bonchev–Trinajstić information content (AvgIpc) is 2.99. The van der Waals surface area contributed by atoms with Crippen LogP contribution in [-0.4, -0.2) is 27.8 Å². The van der Waals surface area contributed by atoms with E-state index < -0.39 is 4.92 Å². The van der Waals surface area contributed by atoms with Gasteiger partial charge in [0.1, 0.15) is 0 Å². The lowest BCUT2D eigenvalue weighted by atomic mass is 10.1. The molecular weight excluding hydrogens is 342 g/mol. The minimum atomic E-state index is -0.479. The van der Waals surface area contributed by atoms with Crippen molar-refractivity contribution in [2.24, 2.45) is 0 Å². The zero-order chi connectivity index (χ0) is 18.0. The molecule has 1 amide bonds. The molecule has 1 heterocycles. The molecule has 7 heteroatoms. The molecule has 0 aliphatic rings. The summed E-state index contributed by atoms with van der Waals surface area (Å²) in [5.41, 5.74) is 2.40. The fourth-order valence-electron chi connectivity index (χ4n) is 2.72. The van der Waals surface area contributed by atoms with Gasteiger partial charge < -0.3 is 9.88 Å². The predicted octanol–water partition coefficient (Wildman–Crippen LogP) is 3.93. The number of para-hydroxylation sites is 1. The second-order valence-electron chi connectivity index (χ2n) is 5.82. The number of nitro benzene ring substituents is 1. The molecular formula is C18H16ClN3O3. The van der Waals surface area contributed by atoms with Crippen LogP contribution in [0.4, 0.5) is 5.69 Å². The third-order valence-corrected chi connectivity index (χ3v) is 4.46. The average molecular weight is 358 g/mol. The van der Waals surface area contributed by atoms with Crippen molar-refractivity contribution in [1.82, 2.24) is 9.88 Å². The van der Waals surface area contributed by atoms with Gasteiger partial charge in [0.25, 0.3) is 5.69 Å². The van der Waals surface area contributed by atoms with E-state index in [-0.39, 0.29) is 24.6 Å². The summed E-state index contributed by atoms with van der Waals surface area (Å²) < 4.78 is 0. The molecule has 128 valence electrons. The maximum absolute atomic E-state index is 12.5. The number of likely N-dealkylation sites (N-methyl/N-ethyl adjacent to an activating group) is 1. The number of H-pyrrole nitrogens is 1. The van der Waals surface area contributed by atoms with E-state index in [1.54, 1.807) is 7.05 Å². The second kappa shape index (κ2) is 6.94. The number of nitrogens with zero attached hydrogens (tertiary/aromatic N) is 2. The van der Waals surface area contributed by atoms with E-state index in [1.807, 2.05) is 30.5 Å². The Labute approximate surface area is 149 Å². The van der Waals surface area contributed by atoms with Gasteiger partial charge in [0.2, 0.25) is 5.91 Å². The van der Waals surface area contributed by atoms with Crippen LogP contribution in [0, 0.1) is 10.1 Å². The van der Waals surface area contributed by atoms with E-state index in [0.29, 0.717) is 10.6 Å². The lowest BCUT2D eigenvalue weighted by molar-refractivity contribution is -0.384. The Morgan fingerprint density at radius 3 is 2.76 bits per heavy atom. The van der Waals surface area contributed by atoms with E-state index in [0.717, 1.165) is 16.5 Å². The minimum absolute atomic E-state index is 0.0446. The van der Waals surface area contributed by atoms with Gasteiger partial charge in [-0.1, -0.05) is 29.8 Å². The molecule has 3 rings (SSSR count). The van der Waals surface area contributed by atoms with E-state index >= 15 is 0 Å². The van der Waals surface area contributed by atoms with Crippen molar-refractivity contribution in [2.75, 3.05) is 7.05 Å². The molecule has 0 spiro atoms. The van der Waals surface area contributed by atoms with Crippen molar-refractivity contribution in [3.63, 3.8) is 0 Å². The molecule has 0 atom stereocenters. The van der Waals surface area contributed by atoms with Gasteiger partial charge >= 0.3 is 0 Å². The summed E-state index contributed by atoms with van der Waals surface area (Å²) >= 11 is 6.10. The van der Waals surface area contributed by atoms with Crippen LogP contribution in [-0.2, 0) is 17.8 Å². The number of fused-ring (bicyclic) bond motifs is 1. The van der Waals surface area contributed by atoms with Gasteiger partial charge in [-0.2, -0.15) is 0 Å². The number of aromatic nitrogens is 1. The van der Waals surface area contributed by atoms with Gasteiger partial charge in [-0.25, -0.2) is 0 Å². The van der Waals surface area contributed by atoms with E-state index in [4.69, 9.17) is 11.6 Å². The van der Waals surface area contributed by atoms with E-state index in [9.17, 15) is 14.9 Å². The highest BCUT2D eigenvalue weighted by Gasteiger charge is 2.16. The van der Waals surface area contributed by atoms with Crippen LogP contribution in [0.15, 0.2) is 48.7 Å². The number of carbonyl (C=O) groups excluding carboxylic acids is 1. The maximum atomic E-state index is 12.5. The lowest BCUT2D eigenvalue weighted by Crippen LogP contribution is -2.27. The normalized spacial score (nSPS) is 10.8. The van der Waals surface area contributed by atoms with Crippen LogP contribution in [0.5, 0.6) is 0 Å². The molecule has 25 heavy (non-hydrogen) atoms. The number of nitro groups is 1. The number of halogens is 1. The fourth-order valence-corrected chi connectivity index (χ4v) is 2.89. The quantitative estimate of drug-likeness (QED) is 0.555. The second-order valence-corrected chi connectivity index (χ2v) is 6.23. The summed E-state index contributed by atoms with van der Waals surface area (Å²) in [7, 11) is 1.66. The number of nitrogens with one attached hydrogen (secondary N) is 1. The van der Waals surface area contributed by atoms with Crippen molar-refractivity contribution in [3.8, 4) is 0 Å². The monoisotopic (exact) mass is 357 g/mol. The van der Waals surface area contributed by atoms with Crippen LogP contribution >= 0.6 is 11.6 Å². The molecule has 0 radical (unpaired) electrons. The number of benzene rings is 2. The summed E-state index contributed by atoms with van der Waals surface area (Å²) in [6.07, 6.45) is 2.07. The number of hydrogen-bond donors (Lipinski definition) is 1. The number of hydrogen-bond acceptors (Lipinski definition) is 3. The first-order valence-corrected chi connectivity index (χ1v) is 8.05. The molecule has 0 saturated heterocycles. The fraction of sp³-hybridized carbons (Fsp3) is 0.167. The van der Waals surface area contributed by atoms with E-state index in [2.05, 4.69) is 4.98 Å². The van der Waals surface area contributed by atoms with Gasteiger partial charge in [-0.3, -0.25) is 14.9 Å².